The maximum Gasteiger partial charge on any atom is 0.270 e. The van der Waals surface area contributed by atoms with Gasteiger partial charge in [0.2, 0.25) is 10.0 Å². The standard InChI is InChI=1S/C8H9N3O4S/c9-16(14,15)7-3-1-6(2-4-7)11-8(12)5-10-13/h1-5,13H,(H,11,12)(H2,9,14,15). The number of oxime groups is 1. The lowest BCUT2D eigenvalue weighted by atomic mass is 10.3. The van der Waals surface area contributed by atoms with Crippen molar-refractivity contribution in [2.24, 2.45) is 10.3 Å². The summed E-state index contributed by atoms with van der Waals surface area (Å²) in [5, 5.41) is 17.8. The number of nitrogens with zero attached hydrogens (tertiary/aromatic N) is 1. The SMILES string of the molecule is NS(=O)(=O)c1ccc(NC(=O)C=NO)cc1. The molecule has 1 aromatic carbocycles. The van der Waals surface area contributed by atoms with Gasteiger partial charge in [-0.2, -0.15) is 0 Å². The maximum absolute atomic E-state index is 10.9. The van der Waals surface area contributed by atoms with Gasteiger partial charge in [0, 0.05) is 5.69 Å². The van der Waals surface area contributed by atoms with E-state index in [9.17, 15) is 13.2 Å². The number of nitrogens with one attached hydrogen (secondary N) is 1. The molecule has 0 fully saturated rings. The van der Waals surface area contributed by atoms with Gasteiger partial charge in [-0.05, 0) is 24.3 Å². The molecular formula is C8H9N3O4S. The third-order valence-corrected chi connectivity index (χ3v) is 2.55. The zero-order chi connectivity index (χ0) is 12.2. The molecule has 0 saturated heterocycles. The predicted octanol–water partition coefficient (Wildman–Crippen LogP) is -0.268. The first-order valence-electron chi connectivity index (χ1n) is 4.05. The lowest BCUT2D eigenvalue weighted by molar-refractivity contribution is -0.110. The summed E-state index contributed by atoms with van der Waals surface area (Å²) in [5.41, 5.74) is 0.359. The Balaban J connectivity index is 2.84. The molecule has 1 rings (SSSR count). The van der Waals surface area contributed by atoms with Crippen molar-refractivity contribution in [3.05, 3.63) is 24.3 Å². The minimum absolute atomic E-state index is 0.0543. The van der Waals surface area contributed by atoms with E-state index in [-0.39, 0.29) is 4.90 Å². The van der Waals surface area contributed by atoms with Crippen molar-refractivity contribution in [3.8, 4) is 0 Å². The molecule has 0 unspecified atom stereocenters. The summed E-state index contributed by atoms with van der Waals surface area (Å²) < 4.78 is 21.8. The first kappa shape index (κ1) is 12.1. The number of carbonyl (C=O) groups is 1. The molecule has 0 saturated carbocycles. The van der Waals surface area contributed by atoms with Gasteiger partial charge in [-0.1, -0.05) is 5.16 Å². The van der Waals surface area contributed by atoms with Crippen molar-refractivity contribution in [2.45, 2.75) is 4.90 Å². The van der Waals surface area contributed by atoms with Crippen LogP contribution in [0.2, 0.25) is 0 Å². The lowest BCUT2D eigenvalue weighted by Crippen LogP contribution is -2.14. The number of hydrogen-bond acceptors (Lipinski definition) is 5. The molecule has 7 nitrogen and oxygen atoms in total. The van der Waals surface area contributed by atoms with E-state index in [4.69, 9.17) is 10.3 Å². The zero-order valence-electron chi connectivity index (χ0n) is 7.99. The highest BCUT2D eigenvalue weighted by Gasteiger charge is 2.07. The summed E-state index contributed by atoms with van der Waals surface area (Å²) in [6.45, 7) is 0. The van der Waals surface area contributed by atoms with E-state index in [1.807, 2.05) is 0 Å². The minimum atomic E-state index is -3.74. The number of sulfonamides is 1. The Bertz CT molecular complexity index is 507. The molecule has 4 N–H and O–H groups in total. The lowest BCUT2D eigenvalue weighted by Gasteiger charge is -2.02. The summed E-state index contributed by atoms with van der Waals surface area (Å²) in [4.78, 5) is 10.9. The Morgan fingerprint density at radius 1 is 1.38 bits per heavy atom. The van der Waals surface area contributed by atoms with Crippen LogP contribution < -0.4 is 10.5 Å². The van der Waals surface area contributed by atoms with Gasteiger partial charge in [0.1, 0.15) is 6.21 Å². The molecular weight excluding hydrogens is 234 g/mol. The molecule has 0 aromatic heterocycles. The molecule has 0 radical (unpaired) electrons. The molecule has 0 bridgehead atoms. The Kier molecular flexibility index (Phi) is 3.59. The Hall–Kier alpha value is -1.93. The smallest absolute Gasteiger partial charge is 0.270 e. The molecule has 0 heterocycles. The largest absolute Gasteiger partial charge is 0.411 e. The van der Waals surface area contributed by atoms with E-state index in [2.05, 4.69) is 10.5 Å². The monoisotopic (exact) mass is 243 g/mol. The normalized spacial score (nSPS) is 11.6. The molecule has 86 valence electrons. The third-order valence-electron chi connectivity index (χ3n) is 1.63. The van der Waals surface area contributed by atoms with Crippen molar-refractivity contribution >= 4 is 27.8 Å². The van der Waals surface area contributed by atoms with Crippen LogP contribution in [-0.2, 0) is 14.8 Å². The average molecular weight is 243 g/mol. The van der Waals surface area contributed by atoms with Crippen LogP contribution >= 0.6 is 0 Å². The van der Waals surface area contributed by atoms with Crippen LogP contribution in [0, 0.1) is 0 Å². The molecule has 0 aliphatic heterocycles. The molecule has 8 heteroatoms. The highest BCUT2D eigenvalue weighted by molar-refractivity contribution is 7.89. The summed E-state index contributed by atoms with van der Waals surface area (Å²) in [5.74, 6) is -0.633. The van der Waals surface area contributed by atoms with Gasteiger partial charge in [-0.25, -0.2) is 13.6 Å². The maximum atomic E-state index is 10.9. The third kappa shape index (κ3) is 3.33. The van der Waals surface area contributed by atoms with E-state index < -0.39 is 15.9 Å². The van der Waals surface area contributed by atoms with Crippen LogP contribution in [0.4, 0.5) is 5.69 Å². The van der Waals surface area contributed by atoms with Gasteiger partial charge >= 0.3 is 0 Å². The van der Waals surface area contributed by atoms with Crippen LogP contribution in [-0.4, -0.2) is 25.7 Å². The van der Waals surface area contributed by atoms with Crippen LogP contribution in [0.1, 0.15) is 0 Å². The van der Waals surface area contributed by atoms with Crippen LogP contribution in [0.15, 0.2) is 34.3 Å². The van der Waals surface area contributed by atoms with E-state index >= 15 is 0 Å². The fourth-order valence-electron chi connectivity index (χ4n) is 0.955. The van der Waals surface area contributed by atoms with Crippen molar-refractivity contribution in [1.82, 2.24) is 0 Å². The number of anilines is 1. The first-order valence-corrected chi connectivity index (χ1v) is 5.59. The Morgan fingerprint density at radius 2 is 1.94 bits per heavy atom. The number of carbonyl (C=O) groups excluding carboxylic acids is 1. The van der Waals surface area contributed by atoms with Crippen molar-refractivity contribution in [1.29, 1.82) is 0 Å². The van der Waals surface area contributed by atoms with Crippen LogP contribution in [0.3, 0.4) is 0 Å². The highest BCUT2D eigenvalue weighted by atomic mass is 32.2. The van der Waals surface area contributed by atoms with Gasteiger partial charge in [0.25, 0.3) is 5.91 Å². The van der Waals surface area contributed by atoms with Gasteiger partial charge < -0.3 is 10.5 Å². The number of hydrogen-bond donors (Lipinski definition) is 3. The molecule has 0 aliphatic carbocycles. The first-order chi connectivity index (χ1) is 7.43. The fraction of sp³-hybridized carbons (Fsp3) is 0. The van der Waals surface area contributed by atoms with Gasteiger partial charge in [0.05, 0.1) is 4.90 Å². The molecule has 16 heavy (non-hydrogen) atoms. The molecule has 0 aliphatic rings. The number of benzene rings is 1. The van der Waals surface area contributed by atoms with Gasteiger partial charge in [0.15, 0.2) is 0 Å². The summed E-state index contributed by atoms with van der Waals surface area (Å²) in [6.07, 6.45) is 0.674. The van der Waals surface area contributed by atoms with Crippen LogP contribution in [0.25, 0.3) is 0 Å². The minimum Gasteiger partial charge on any atom is -0.411 e. The second-order valence-electron chi connectivity index (χ2n) is 2.80. The highest BCUT2D eigenvalue weighted by Crippen LogP contribution is 2.12. The van der Waals surface area contributed by atoms with E-state index in [1.165, 1.54) is 24.3 Å². The number of amides is 1. The second kappa shape index (κ2) is 4.73. The van der Waals surface area contributed by atoms with Crippen molar-refractivity contribution < 1.29 is 18.4 Å². The topological polar surface area (TPSA) is 122 Å². The number of rotatable bonds is 3. The molecule has 1 aromatic rings. The van der Waals surface area contributed by atoms with E-state index in [0.29, 0.717) is 11.9 Å². The van der Waals surface area contributed by atoms with Crippen molar-refractivity contribution in [3.63, 3.8) is 0 Å². The fourth-order valence-corrected chi connectivity index (χ4v) is 1.47. The number of nitrogens with two attached hydrogens (primary N) is 1. The molecule has 0 atom stereocenters. The summed E-state index contributed by atoms with van der Waals surface area (Å²) in [7, 11) is -3.74. The molecule has 1 amide bonds. The van der Waals surface area contributed by atoms with Crippen molar-refractivity contribution in [2.75, 3.05) is 5.32 Å². The summed E-state index contributed by atoms with van der Waals surface area (Å²) in [6, 6.07) is 5.23. The number of primary sulfonamides is 1. The predicted molar refractivity (Wildman–Crippen MR) is 56.7 cm³/mol. The molecule has 0 spiro atoms. The van der Waals surface area contributed by atoms with E-state index in [0.717, 1.165) is 0 Å². The Morgan fingerprint density at radius 3 is 2.38 bits per heavy atom. The van der Waals surface area contributed by atoms with Gasteiger partial charge in [-0.3, -0.25) is 4.79 Å². The zero-order valence-corrected chi connectivity index (χ0v) is 8.81. The van der Waals surface area contributed by atoms with Gasteiger partial charge in [-0.15, -0.1) is 0 Å². The average Bonchev–Trinajstić information content (AvgIpc) is 2.17. The quantitative estimate of drug-likeness (QED) is 0.384. The second-order valence-corrected chi connectivity index (χ2v) is 4.36. The van der Waals surface area contributed by atoms with E-state index in [1.54, 1.807) is 0 Å². The Labute approximate surface area is 91.6 Å². The van der Waals surface area contributed by atoms with Crippen LogP contribution in [0.5, 0.6) is 0 Å². The summed E-state index contributed by atoms with van der Waals surface area (Å²) >= 11 is 0.